The summed E-state index contributed by atoms with van der Waals surface area (Å²) in [5.41, 5.74) is 0.617. The number of halogens is 2. The zero-order valence-corrected chi connectivity index (χ0v) is 21.8. The number of sulfone groups is 1. The topological polar surface area (TPSA) is 90.9 Å². The summed E-state index contributed by atoms with van der Waals surface area (Å²) < 4.78 is 37.1. The van der Waals surface area contributed by atoms with Crippen LogP contribution < -0.4 is 10.6 Å². The lowest BCUT2D eigenvalue weighted by atomic mass is 9.84. The lowest BCUT2D eigenvalue weighted by molar-refractivity contribution is -0.138. The van der Waals surface area contributed by atoms with Gasteiger partial charge in [-0.2, -0.15) is 0 Å². The largest absolute Gasteiger partial charge is 0.357 e. The second-order valence-electron chi connectivity index (χ2n) is 8.22. The van der Waals surface area contributed by atoms with Gasteiger partial charge in [0.2, 0.25) is 5.91 Å². The molecule has 10 heteroatoms. The van der Waals surface area contributed by atoms with Gasteiger partial charge in [0.15, 0.2) is 15.8 Å². The number of guanidine groups is 1. The Hall–Kier alpha value is -1.43. The minimum atomic E-state index is -3.25. The van der Waals surface area contributed by atoms with Gasteiger partial charge in [0.1, 0.15) is 5.82 Å². The highest BCUT2D eigenvalue weighted by molar-refractivity contribution is 14.0. The van der Waals surface area contributed by atoms with Crippen molar-refractivity contribution in [1.82, 2.24) is 15.5 Å². The van der Waals surface area contributed by atoms with Gasteiger partial charge >= 0.3 is 0 Å². The summed E-state index contributed by atoms with van der Waals surface area (Å²) in [5, 5.41) is 6.42. The third kappa shape index (κ3) is 8.21. The number of hydrogen-bond acceptors (Lipinski definition) is 4. The number of benzene rings is 1. The summed E-state index contributed by atoms with van der Waals surface area (Å²) >= 11 is 0. The van der Waals surface area contributed by atoms with E-state index < -0.39 is 21.1 Å². The van der Waals surface area contributed by atoms with E-state index in [2.05, 4.69) is 15.6 Å². The first kappa shape index (κ1) is 27.6. The highest BCUT2D eigenvalue weighted by atomic mass is 127. The van der Waals surface area contributed by atoms with E-state index in [1.165, 1.54) is 18.2 Å². The van der Waals surface area contributed by atoms with E-state index in [-0.39, 0.29) is 42.2 Å². The van der Waals surface area contributed by atoms with E-state index in [0.717, 1.165) is 31.9 Å². The molecule has 1 saturated carbocycles. The molecule has 0 aromatic heterocycles. The Balaban J connectivity index is 0.00000480. The van der Waals surface area contributed by atoms with Crippen molar-refractivity contribution in [3.63, 3.8) is 0 Å². The van der Waals surface area contributed by atoms with Gasteiger partial charge in [0, 0.05) is 33.4 Å². The molecule has 0 bridgehead atoms. The normalized spacial score (nSPS) is 15.8. The SMILES string of the molecule is CCNC(=NCc1cc(F)ccc1CS(C)(=O)=O)NCC1(C(=O)N(C)C)CCCC1.I. The fraction of sp³-hybridized carbons (Fsp3) is 0.619. The summed E-state index contributed by atoms with van der Waals surface area (Å²) in [7, 11) is 0.293. The highest BCUT2D eigenvalue weighted by Gasteiger charge is 2.42. The van der Waals surface area contributed by atoms with Gasteiger partial charge in [0.25, 0.3) is 0 Å². The molecule has 31 heavy (non-hydrogen) atoms. The minimum Gasteiger partial charge on any atom is -0.357 e. The molecular formula is C21H34FIN4O3S. The van der Waals surface area contributed by atoms with Crippen LogP contribution in [0.1, 0.15) is 43.7 Å². The number of aliphatic imine (C=N–C) groups is 1. The van der Waals surface area contributed by atoms with Crippen LogP contribution in [0, 0.1) is 11.2 Å². The van der Waals surface area contributed by atoms with E-state index in [0.29, 0.717) is 30.2 Å². The third-order valence-corrected chi connectivity index (χ3v) is 6.19. The molecule has 1 amide bonds. The van der Waals surface area contributed by atoms with Crippen LogP contribution >= 0.6 is 24.0 Å². The zero-order chi connectivity index (χ0) is 22.4. The smallest absolute Gasteiger partial charge is 0.230 e. The van der Waals surface area contributed by atoms with Crippen molar-refractivity contribution in [2.24, 2.45) is 10.4 Å². The number of rotatable bonds is 8. The Morgan fingerprint density at radius 1 is 1.19 bits per heavy atom. The maximum absolute atomic E-state index is 13.7. The fourth-order valence-corrected chi connectivity index (χ4v) is 4.76. The summed E-state index contributed by atoms with van der Waals surface area (Å²) in [6.07, 6.45) is 4.86. The highest BCUT2D eigenvalue weighted by Crippen LogP contribution is 2.38. The van der Waals surface area contributed by atoms with E-state index in [9.17, 15) is 17.6 Å². The van der Waals surface area contributed by atoms with E-state index in [1.807, 2.05) is 6.92 Å². The summed E-state index contributed by atoms with van der Waals surface area (Å²) in [5.74, 6) is 0.0356. The first-order valence-electron chi connectivity index (χ1n) is 10.3. The zero-order valence-electron chi connectivity index (χ0n) is 18.7. The van der Waals surface area contributed by atoms with Crippen molar-refractivity contribution >= 4 is 45.7 Å². The maximum atomic E-state index is 13.7. The van der Waals surface area contributed by atoms with Crippen LogP contribution in [0.25, 0.3) is 0 Å². The number of hydrogen-bond donors (Lipinski definition) is 2. The van der Waals surface area contributed by atoms with Crippen molar-refractivity contribution in [2.45, 2.75) is 44.9 Å². The molecule has 7 nitrogen and oxygen atoms in total. The van der Waals surface area contributed by atoms with Gasteiger partial charge in [-0.15, -0.1) is 24.0 Å². The average molecular weight is 568 g/mol. The van der Waals surface area contributed by atoms with Crippen LogP contribution in [-0.4, -0.2) is 58.6 Å². The number of amides is 1. The Labute approximate surface area is 202 Å². The lowest BCUT2D eigenvalue weighted by Crippen LogP contribution is -2.49. The minimum absolute atomic E-state index is 0. The molecule has 0 aliphatic heterocycles. The second kappa shape index (κ2) is 12.0. The molecule has 176 valence electrons. The molecule has 0 atom stereocenters. The molecule has 2 N–H and O–H groups in total. The quantitative estimate of drug-likeness (QED) is 0.286. The molecule has 0 spiro atoms. The molecule has 1 fully saturated rings. The van der Waals surface area contributed by atoms with Gasteiger partial charge in [0.05, 0.1) is 17.7 Å². The Bertz CT molecular complexity index is 885. The van der Waals surface area contributed by atoms with Gasteiger partial charge in [-0.3, -0.25) is 4.79 Å². The monoisotopic (exact) mass is 568 g/mol. The molecule has 1 aromatic rings. The van der Waals surface area contributed by atoms with E-state index in [1.54, 1.807) is 19.0 Å². The molecule has 2 rings (SSSR count). The predicted molar refractivity (Wildman–Crippen MR) is 133 cm³/mol. The average Bonchev–Trinajstić information content (AvgIpc) is 3.14. The van der Waals surface area contributed by atoms with Crippen LogP contribution in [0.2, 0.25) is 0 Å². The third-order valence-electron chi connectivity index (χ3n) is 5.35. The number of nitrogens with one attached hydrogen (secondary N) is 2. The van der Waals surface area contributed by atoms with Crippen LogP contribution in [0.15, 0.2) is 23.2 Å². The van der Waals surface area contributed by atoms with Crippen molar-refractivity contribution in [2.75, 3.05) is 33.4 Å². The van der Waals surface area contributed by atoms with Crippen molar-refractivity contribution in [3.8, 4) is 0 Å². The first-order chi connectivity index (χ1) is 14.1. The summed E-state index contributed by atoms with van der Waals surface area (Å²) in [4.78, 5) is 18.9. The summed E-state index contributed by atoms with van der Waals surface area (Å²) in [6, 6.07) is 4.07. The van der Waals surface area contributed by atoms with Crippen molar-refractivity contribution < 1.29 is 17.6 Å². The van der Waals surface area contributed by atoms with Gasteiger partial charge in [-0.1, -0.05) is 18.9 Å². The Morgan fingerprint density at radius 3 is 2.39 bits per heavy atom. The van der Waals surface area contributed by atoms with Crippen LogP contribution in [-0.2, 0) is 26.9 Å². The standard InChI is InChI=1S/C21H33FN4O3S.HI/c1-5-23-20(25-15-21(10-6-7-11-21)19(27)26(2)3)24-13-17-12-18(22)9-8-16(17)14-30(4,28)29;/h8-9,12H,5-7,10-11,13-15H2,1-4H3,(H2,23,24,25);1H. The number of carbonyl (C=O) groups is 1. The maximum Gasteiger partial charge on any atom is 0.230 e. The fourth-order valence-electron chi connectivity index (χ4n) is 3.92. The van der Waals surface area contributed by atoms with Crippen molar-refractivity contribution in [3.05, 3.63) is 35.1 Å². The van der Waals surface area contributed by atoms with Crippen molar-refractivity contribution in [1.29, 1.82) is 0 Å². The molecule has 1 aliphatic rings. The molecular weight excluding hydrogens is 534 g/mol. The number of nitrogens with zero attached hydrogens (tertiary/aromatic N) is 2. The molecule has 0 radical (unpaired) electrons. The first-order valence-corrected chi connectivity index (χ1v) is 12.3. The van der Waals surface area contributed by atoms with E-state index in [4.69, 9.17) is 0 Å². The molecule has 0 unspecified atom stereocenters. The molecule has 0 heterocycles. The molecule has 0 saturated heterocycles. The van der Waals surface area contributed by atoms with Gasteiger partial charge in [-0.25, -0.2) is 17.8 Å². The second-order valence-corrected chi connectivity index (χ2v) is 10.4. The molecule has 1 aliphatic carbocycles. The Morgan fingerprint density at radius 2 is 1.84 bits per heavy atom. The van der Waals surface area contributed by atoms with Crippen LogP contribution in [0.4, 0.5) is 4.39 Å². The lowest BCUT2D eigenvalue weighted by Gasteiger charge is -2.31. The summed E-state index contributed by atoms with van der Waals surface area (Å²) in [6.45, 7) is 3.16. The van der Waals surface area contributed by atoms with Gasteiger partial charge in [-0.05, 0) is 43.0 Å². The predicted octanol–water partition coefficient (Wildman–Crippen LogP) is 2.69. The molecule has 1 aromatic carbocycles. The van der Waals surface area contributed by atoms with Crippen LogP contribution in [0.3, 0.4) is 0 Å². The number of carbonyl (C=O) groups excluding carboxylic acids is 1. The van der Waals surface area contributed by atoms with Gasteiger partial charge < -0.3 is 15.5 Å². The Kier molecular flexibility index (Phi) is 10.7. The van der Waals surface area contributed by atoms with Crippen LogP contribution in [0.5, 0.6) is 0 Å². The van der Waals surface area contributed by atoms with E-state index >= 15 is 0 Å².